The fourth-order valence-corrected chi connectivity index (χ4v) is 2.27. The molecule has 1 aromatic rings. The van der Waals surface area contributed by atoms with Crippen LogP contribution >= 0.6 is 0 Å². The average Bonchev–Trinajstić information content (AvgIpc) is 3.14. The summed E-state index contributed by atoms with van der Waals surface area (Å²) in [6.45, 7) is 3.27. The lowest BCUT2D eigenvalue weighted by Gasteiger charge is -2.06. The van der Waals surface area contributed by atoms with Crippen LogP contribution in [0.1, 0.15) is 31.7 Å². The van der Waals surface area contributed by atoms with Crippen molar-refractivity contribution in [3.8, 4) is 0 Å². The molecule has 2 N–H and O–H groups in total. The Kier molecular flexibility index (Phi) is 4.76. The molecular formula is C15H22N2O. The molecule has 3 heteroatoms. The molecule has 3 nitrogen and oxygen atoms in total. The first-order valence-corrected chi connectivity index (χ1v) is 6.83. The summed E-state index contributed by atoms with van der Waals surface area (Å²) in [5.41, 5.74) is 1.14. The van der Waals surface area contributed by atoms with Crippen LogP contribution in [0.2, 0.25) is 0 Å². The van der Waals surface area contributed by atoms with Crippen molar-refractivity contribution in [3.63, 3.8) is 0 Å². The van der Waals surface area contributed by atoms with Crippen LogP contribution in [-0.2, 0) is 11.3 Å². The second-order valence-electron chi connectivity index (χ2n) is 5.03. The molecule has 0 spiro atoms. The summed E-state index contributed by atoms with van der Waals surface area (Å²) in [7, 11) is 0. The van der Waals surface area contributed by atoms with Gasteiger partial charge in [-0.25, -0.2) is 0 Å². The van der Waals surface area contributed by atoms with Gasteiger partial charge in [0.25, 0.3) is 0 Å². The van der Waals surface area contributed by atoms with Gasteiger partial charge in [-0.05, 0) is 24.3 Å². The quantitative estimate of drug-likeness (QED) is 0.773. The van der Waals surface area contributed by atoms with E-state index < -0.39 is 0 Å². The highest BCUT2D eigenvalue weighted by Gasteiger charge is 2.35. The summed E-state index contributed by atoms with van der Waals surface area (Å²) in [5.74, 6) is 0.887. The smallest absolute Gasteiger partial charge is 0.234 e. The summed E-state index contributed by atoms with van der Waals surface area (Å²) in [6.07, 6.45) is 3.76. The lowest BCUT2D eigenvalue weighted by atomic mass is 10.2. The molecule has 1 amide bonds. The van der Waals surface area contributed by atoms with Crippen LogP contribution in [0.15, 0.2) is 30.3 Å². The van der Waals surface area contributed by atoms with Crippen LogP contribution in [0.3, 0.4) is 0 Å². The van der Waals surface area contributed by atoms with Gasteiger partial charge in [0, 0.05) is 12.6 Å². The number of nitrogens with one attached hydrogen (secondary N) is 2. The maximum absolute atomic E-state index is 11.6. The number of carbonyl (C=O) groups excluding carboxylic acids is 1. The molecule has 0 bridgehead atoms. The van der Waals surface area contributed by atoms with Gasteiger partial charge in [0.1, 0.15) is 0 Å². The summed E-state index contributed by atoms with van der Waals surface area (Å²) in [4.78, 5) is 11.6. The van der Waals surface area contributed by atoms with E-state index in [0.717, 1.165) is 11.5 Å². The van der Waals surface area contributed by atoms with Gasteiger partial charge in [0.2, 0.25) is 5.91 Å². The van der Waals surface area contributed by atoms with Crippen LogP contribution in [0, 0.1) is 5.92 Å². The molecule has 2 unspecified atom stereocenters. The maximum Gasteiger partial charge on any atom is 0.234 e. The van der Waals surface area contributed by atoms with Crippen molar-refractivity contribution in [2.45, 2.75) is 38.8 Å². The van der Waals surface area contributed by atoms with Gasteiger partial charge in [-0.1, -0.05) is 43.7 Å². The van der Waals surface area contributed by atoms with Gasteiger partial charge < -0.3 is 10.6 Å². The summed E-state index contributed by atoms with van der Waals surface area (Å²) in [6, 6.07) is 10.6. The number of rotatable bonds is 7. The standard InChI is InChI=1S/C15H22N2O/c1-2-6-13-9-14(13)16-11-15(18)17-10-12-7-4-3-5-8-12/h3-5,7-8,13-14,16H,2,6,9-11H2,1H3,(H,17,18). The van der Waals surface area contributed by atoms with Crippen molar-refractivity contribution >= 4 is 5.91 Å². The molecule has 0 saturated heterocycles. The molecule has 1 aliphatic rings. The first-order valence-electron chi connectivity index (χ1n) is 6.83. The monoisotopic (exact) mass is 246 g/mol. The van der Waals surface area contributed by atoms with Crippen LogP contribution in [-0.4, -0.2) is 18.5 Å². The van der Waals surface area contributed by atoms with E-state index in [1.54, 1.807) is 0 Å². The van der Waals surface area contributed by atoms with Gasteiger partial charge in [-0.3, -0.25) is 4.79 Å². The van der Waals surface area contributed by atoms with Gasteiger partial charge >= 0.3 is 0 Å². The van der Waals surface area contributed by atoms with E-state index in [2.05, 4.69) is 17.6 Å². The zero-order valence-electron chi connectivity index (χ0n) is 11.0. The SMILES string of the molecule is CCCC1CC1NCC(=O)NCc1ccccc1. The molecule has 0 heterocycles. The van der Waals surface area contributed by atoms with Crippen molar-refractivity contribution in [2.75, 3.05) is 6.54 Å². The predicted molar refractivity (Wildman–Crippen MR) is 73.1 cm³/mol. The largest absolute Gasteiger partial charge is 0.351 e. The highest BCUT2D eigenvalue weighted by atomic mass is 16.1. The van der Waals surface area contributed by atoms with Crippen molar-refractivity contribution in [1.29, 1.82) is 0 Å². The summed E-state index contributed by atoms with van der Waals surface area (Å²) < 4.78 is 0. The summed E-state index contributed by atoms with van der Waals surface area (Å²) >= 11 is 0. The Morgan fingerprint density at radius 2 is 2.11 bits per heavy atom. The van der Waals surface area contributed by atoms with Crippen LogP contribution in [0.5, 0.6) is 0 Å². The van der Waals surface area contributed by atoms with Crippen molar-refractivity contribution in [2.24, 2.45) is 5.92 Å². The number of hydrogen-bond donors (Lipinski definition) is 2. The molecule has 18 heavy (non-hydrogen) atoms. The molecule has 0 aliphatic heterocycles. The van der Waals surface area contributed by atoms with Crippen molar-refractivity contribution < 1.29 is 4.79 Å². The number of hydrogen-bond acceptors (Lipinski definition) is 2. The Labute approximate surface area is 109 Å². The fourth-order valence-electron chi connectivity index (χ4n) is 2.27. The zero-order chi connectivity index (χ0) is 12.8. The first kappa shape index (κ1) is 13.1. The van der Waals surface area contributed by atoms with E-state index in [1.807, 2.05) is 30.3 Å². The minimum atomic E-state index is 0.0843. The third-order valence-corrected chi connectivity index (χ3v) is 3.44. The molecule has 2 rings (SSSR count). The molecule has 98 valence electrons. The van der Waals surface area contributed by atoms with Crippen LogP contribution in [0.4, 0.5) is 0 Å². The van der Waals surface area contributed by atoms with Crippen molar-refractivity contribution in [3.05, 3.63) is 35.9 Å². The van der Waals surface area contributed by atoms with Gasteiger partial charge in [0.15, 0.2) is 0 Å². The minimum absolute atomic E-state index is 0.0843. The fraction of sp³-hybridized carbons (Fsp3) is 0.533. The molecule has 0 radical (unpaired) electrons. The third kappa shape index (κ3) is 4.15. The van der Waals surface area contributed by atoms with E-state index in [4.69, 9.17) is 0 Å². The predicted octanol–water partition coefficient (Wildman–Crippen LogP) is 2.08. The zero-order valence-corrected chi connectivity index (χ0v) is 11.0. The third-order valence-electron chi connectivity index (χ3n) is 3.44. The highest BCUT2D eigenvalue weighted by molar-refractivity contribution is 5.78. The molecular weight excluding hydrogens is 224 g/mol. The highest BCUT2D eigenvalue weighted by Crippen LogP contribution is 2.34. The van der Waals surface area contributed by atoms with Gasteiger partial charge in [-0.2, -0.15) is 0 Å². The Bertz CT molecular complexity index is 377. The van der Waals surface area contributed by atoms with E-state index in [9.17, 15) is 4.79 Å². The minimum Gasteiger partial charge on any atom is -0.351 e. The topological polar surface area (TPSA) is 41.1 Å². The number of benzene rings is 1. The number of carbonyl (C=O) groups is 1. The molecule has 1 aromatic carbocycles. The van der Waals surface area contributed by atoms with E-state index in [-0.39, 0.29) is 5.91 Å². The molecule has 1 saturated carbocycles. The van der Waals surface area contributed by atoms with Crippen LogP contribution < -0.4 is 10.6 Å². The number of amides is 1. The molecule has 1 fully saturated rings. The normalized spacial score (nSPS) is 21.6. The van der Waals surface area contributed by atoms with Crippen molar-refractivity contribution in [1.82, 2.24) is 10.6 Å². The Balaban J connectivity index is 1.59. The van der Waals surface area contributed by atoms with E-state index in [0.29, 0.717) is 19.1 Å². The second kappa shape index (κ2) is 6.55. The Hall–Kier alpha value is -1.35. The molecule has 0 aromatic heterocycles. The van der Waals surface area contributed by atoms with E-state index in [1.165, 1.54) is 19.3 Å². The lowest BCUT2D eigenvalue weighted by molar-refractivity contribution is -0.120. The van der Waals surface area contributed by atoms with E-state index >= 15 is 0 Å². The van der Waals surface area contributed by atoms with Crippen LogP contribution in [0.25, 0.3) is 0 Å². The lowest BCUT2D eigenvalue weighted by Crippen LogP contribution is -2.34. The maximum atomic E-state index is 11.6. The van der Waals surface area contributed by atoms with Gasteiger partial charge in [-0.15, -0.1) is 0 Å². The van der Waals surface area contributed by atoms with Gasteiger partial charge in [0.05, 0.1) is 6.54 Å². The average molecular weight is 246 g/mol. The molecule has 1 aliphatic carbocycles. The Morgan fingerprint density at radius 3 is 2.83 bits per heavy atom. The second-order valence-corrected chi connectivity index (χ2v) is 5.03. The Morgan fingerprint density at radius 1 is 1.33 bits per heavy atom. The summed E-state index contributed by atoms with van der Waals surface area (Å²) in [5, 5.41) is 6.24. The first-order chi connectivity index (χ1) is 8.79. The molecule has 2 atom stereocenters.